The van der Waals surface area contributed by atoms with E-state index in [2.05, 4.69) is 4.98 Å². The number of aryl methyl sites for hydroxylation is 1. The van der Waals surface area contributed by atoms with Crippen molar-refractivity contribution in [1.29, 1.82) is 0 Å². The zero-order chi connectivity index (χ0) is 17.3. The monoisotopic (exact) mass is 341 g/mol. The number of benzene rings is 1. The summed E-state index contributed by atoms with van der Waals surface area (Å²) >= 11 is 1.30. The van der Waals surface area contributed by atoms with E-state index < -0.39 is 22.7 Å². The first-order chi connectivity index (χ1) is 10.7. The van der Waals surface area contributed by atoms with Gasteiger partial charge in [0.05, 0.1) is 10.4 Å². The van der Waals surface area contributed by atoms with Gasteiger partial charge >= 0.3 is 0 Å². The molecule has 2 aromatic rings. The molecule has 0 spiro atoms. The van der Waals surface area contributed by atoms with Gasteiger partial charge in [-0.2, -0.15) is 4.39 Å². The Morgan fingerprint density at radius 2 is 1.91 bits per heavy atom. The summed E-state index contributed by atoms with van der Waals surface area (Å²) in [5.74, 6) is -2.13. The molecule has 1 N–H and O–H groups in total. The predicted molar refractivity (Wildman–Crippen MR) is 86.7 cm³/mol. The molecule has 1 atom stereocenters. The van der Waals surface area contributed by atoms with Crippen molar-refractivity contribution in [3.05, 3.63) is 45.9 Å². The third-order valence-electron chi connectivity index (χ3n) is 4.02. The molecular formula is C17H21F2NO2S. The van der Waals surface area contributed by atoms with E-state index in [9.17, 15) is 13.9 Å². The molecule has 0 radical (unpaired) electrons. The second-order valence-corrected chi connectivity index (χ2v) is 7.36. The number of nitrogens with zero attached hydrogens (tertiary/aromatic N) is 1. The second kappa shape index (κ2) is 6.53. The van der Waals surface area contributed by atoms with Gasteiger partial charge in [-0.3, -0.25) is 4.98 Å². The van der Waals surface area contributed by atoms with Crippen LogP contribution in [0.4, 0.5) is 8.78 Å². The Balaban J connectivity index is 2.29. The molecule has 2 rings (SSSR count). The van der Waals surface area contributed by atoms with Crippen molar-refractivity contribution in [3.8, 4) is 5.75 Å². The molecule has 1 aromatic carbocycles. The molecule has 0 aliphatic rings. The van der Waals surface area contributed by atoms with Crippen LogP contribution >= 0.6 is 11.3 Å². The maximum absolute atomic E-state index is 14.1. The average molecular weight is 341 g/mol. The minimum Gasteiger partial charge on any atom is -0.487 e. The highest BCUT2D eigenvalue weighted by atomic mass is 32.1. The van der Waals surface area contributed by atoms with Gasteiger partial charge in [-0.25, -0.2) is 4.39 Å². The summed E-state index contributed by atoms with van der Waals surface area (Å²) < 4.78 is 33.4. The Morgan fingerprint density at radius 3 is 2.43 bits per heavy atom. The van der Waals surface area contributed by atoms with Gasteiger partial charge in [0.15, 0.2) is 11.6 Å². The lowest BCUT2D eigenvalue weighted by Crippen LogP contribution is -2.44. The predicted octanol–water partition coefficient (Wildman–Crippen LogP) is 4.30. The van der Waals surface area contributed by atoms with Gasteiger partial charge in [0.1, 0.15) is 12.2 Å². The molecule has 3 nitrogen and oxygen atoms in total. The molecule has 0 bridgehead atoms. The van der Waals surface area contributed by atoms with Gasteiger partial charge in [0.2, 0.25) is 5.82 Å². The van der Waals surface area contributed by atoms with Crippen molar-refractivity contribution < 1.29 is 18.6 Å². The molecule has 1 unspecified atom stereocenters. The summed E-state index contributed by atoms with van der Waals surface area (Å²) in [6.45, 7) is 7.12. The summed E-state index contributed by atoms with van der Waals surface area (Å²) in [6.07, 6.45) is 1.96. The van der Waals surface area contributed by atoms with Gasteiger partial charge < -0.3 is 9.84 Å². The molecular weight excluding hydrogens is 320 g/mol. The summed E-state index contributed by atoms with van der Waals surface area (Å²) in [7, 11) is 0. The molecule has 6 heteroatoms. The molecule has 0 saturated heterocycles. The van der Waals surface area contributed by atoms with E-state index in [0.29, 0.717) is 16.9 Å². The lowest BCUT2D eigenvalue weighted by molar-refractivity contribution is -0.0924. The normalized spacial score (nSPS) is 14.6. The second-order valence-electron chi connectivity index (χ2n) is 6.47. The number of thiazole rings is 1. The number of aromatic nitrogens is 1. The first-order valence-corrected chi connectivity index (χ1v) is 8.29. The highest BCUT2D eigenvalue weighted by Crippen LogP contribution is 2.41. The fourth-order valence-electron chi connectivity index (χ4n) is 2.22. The third-order valence-corrected chi connectivity index (χ3v) is 4.95. The number of hydrogen-bond acceptors (Lipinski definition) is 4. The topological polar surface area (TPSA) is 42.4 Å². The zero-order valence-electron chi connectivity index (χ0n) is 13.7. The van der Waals surface area contributed by atoms with Crippen molar-refractivity contribution in [2.45, 2.75) is 39.7 Å². The van der Waals surface area contributed by atoms with Crippen molar-refractivity contribution in [3.63, 3.8) is 0 Å². The fraction of sp³-hybridized carbons (Fsp3) is 0.471. The van der Waals surface area contributed by atoms with Crippen molar-refractivity contribution in [2.75, 3.05) is 6.61 Å². The molecule has 0 fully saturated rings. The SMILES string of the molecule is CCc1ccc(OCC(O)(c2cncs2)C(C)(C)C)c(F)c1F. The van der Waals surface area contributed by atoms with Crippen LogP contribution in [0.3, 0.4) is 0 Å². The van der Waals surface area contributed by atoms with E-state index in [1.165, 1.54) is 23.5 Å². The molecule has 1 aromatic heterocycles. The number of halogens is 2. The first-order valence-electron chi connectivity index (χ1n) is 7.41. The fourth-order valence-corrected chi connectivity index (χ4v) is 3.13. The van der Waals surface area contributed by atoms with Gasteiger partial charge in [-0.05, 0) is 23.5 Å². The molecule has 0 aliphatic heterocycles. The maximum Gasteiger partial charge on any atom is 0.200 e. The maximum atomic E-state index is 14.1. The number of hydrogen-bond donors (Lipinski definition) is 1. The molecule has 23 heavy (non-hydrogen) atoms. The third kappa shape index (κ3) is 3.38. The number of rotatable bonds is 5. The van der Waals surface area contributed by atoms with E-state index in [1.807, 2.05) is 20.8 Å². The highest BCUT2D eigenvalue weighted by Gasteiger charge is 2.44. The van der Waals surface area contributed by atoms with Crippen LogP contribution in [-0.4, -0.2) is 16.7 Å². The van der Waals surface area contributed by atoms with Crippen LogP contribution in [0.15, 0.2) is 23.8 Å². The van der Waals surface area contributed by atoms with Crippen molar-refractivity contribution >= 4 is 11.3 Å². The van der Waals surface area contributed by atoms with Crippen LogP contribution in [0, 0.1) is 17.0 Å². The Kier molecular flexibility index (Phi) is 5.06. The summed E-state index contributed by atoms with van der Waals surface area (Å²) in [5, 5.41) is 11.1. The van der Waals surface area contributed by atoms with E-state index in [1.54, 1.807) is 18.6 Å². The Hall–Kier alpha value is -1.53. The number of aliphatic hydroxyl groups is 1. The molecule has 0 saturated carbocycles. The van der Waals surface area contributed by atoms with E-state index >= 15 is 0 Å². The van der Waals surface area contributed by atoms with Crippen LogP contribution in [0.1, 0.15) is 38.1 Å². The largest absolute Gasteiger partial charge is 0.487 e. The zero-order valence-corrected chi connectivity index (χ0v) is 14.5. The molecule has 0 amide bonds. The van der Waals surface area contributed by atoms with Crippen molar-refractivity contribution in [1.82, 2.24) is 4.98 Å². The summed E-state index contributed by atoms with van der Waals surface area (Å²) in [5.41, 5.74) is -0.0239. The van der Waals surface area contributed by atoms with E-state index in [4.69, 9.17) is 4.74 Å². The lowest BCUT2D eigenvalue weighted by Gasteiger charge is -2.39. The van der Waals surface area contributed by atoms with Gasteiger partial charge in [-0.1, -0.05) is 33.8 Å². The Bertz CT molecular complexity index is 668. The molecule has 1 heterocycles. The highest BCUT2D eigenvalue weighted by molar-refractivity contribution is 7.09. The standard InChI is InChI=1S/C17H21F2NO2S/c1-5-11-6-7-12(15(19)14(11)18)22-9-17(21,16(2,3)4)13-8-20-10-23-13/h6-8,10,21H,5,9H2,1-4H3. The van der Waals surface area contributed by atoms with E-state index in [0.717, 1.165) is 0 Å². The first kappa shape index (κ1) is 17.8. The average Bonchev–Trinajstić information content (AvgIpc) is 3.02. The summed E-state index contributed by atoms with van der Waals surface area (Å²) in [4.78, 5) is 4.60. The van der Waals surface area contributed by atoms with Crippen LogP contribution in [0.25, 0.3) is 0 Å². The molecule has 0 aliphatic carbocycles. The minimum atomic E-state index is -1.36. The van der Waals surface area contributed by atoms with Gasteiger partial charge in [0, 0.05) is 6.20 Å². The van der Waals surface area contributed by atoms with Crippen molar-refractivity contribution in [2.24, 2.45) is 5.41 Å². The van der Waals surface area contributed by atoms with E-state index in [-0.39, 0.29) is 12.4 Å². The Labute approximate surface area is 139 Å². The minimum absolute atomic E-state index is 0.194. The van der Waals surface area contributed by atoms with Gasteiger partial charge in [0.25, 0.3) is 0 Å². The molecule has 126 valence electrons. The lowest BCUT2D eigenvalue weighted by atomic mass is 9.76. The smallest absolute Gasteiger partial charge is 0.200 e. The quantitative estimate of drug-likeness (QED) is 0.882. The van der Waals surface area contributed by atoms with Crippen LogP contribution < -0.4 is 4.74 Å². The summed E-state index contributed by atoms with van der Waals surface area (Å²) in [6, 6.07) is 2.89. The van der Waals surface area contributed by atoms with Crippen LogP contribution in [-0.2, 0) is 12.0 Å². The number of ether oxygens (including phenoxy) is 1. The Morgan fingerprint density at radius 1 is 1.22 bits per heavy atom. The van der Waals surface area contributed by atoms with Crippen LogP contribution in [0.2, 0.25) is 0 Å². The van der Waals surface area contributed by atoms with Crippen LogP contribution in [0.5, 0.6) is 5.75 Å². The van der Waals surface area contributed by atoms with Gasteiger partial charge in [-0.15, -0.1) is 11.3 Å².